The van der Waals surface area contributed by atoms with Crippen LogP contribution in [0.1, 0.15) is 85.5 Å². The maximum absolute atomic E-state index is 2.54. The molecule has 1 aliphatic carbocycles. The van der Waals surface area contributed by atoms with Crippen LogP contribution in [0.3, 0.4) is 0 Å². The van der Waals surface area contributed by atoms with Crippen LogP contribution < -0.4 is 0 Å². The second-order valence-electron chi connectivity index (χ2n) is 6.06. The first-order chi connectivity index (χ1) is 7.70. The summed E-state index contributed by atoms with van der Waals surface area (Å²) in [6, 6.07) is 0. The molecule has 0 aromatic rings. The van der Waals surface area contributed by atoms with Crippen LogP contribution in [-0.4, -0.2) is 0 Å². The normalized spacial score (nSPS) is 33.0. The fraction of sp³-hybridized carbons (Fsp3) is 1.00. The molecule has 1 aliphatic rings. The Morgan fingerprint density at radius 2 is 1.31 bits per heavy atom. The molecule has 0 spiro atoms. The minimum Gasteiger partial charge on any atom is -0.0654 e. The van der Waals surface area contributed by atoms with E-state index < -0.39 is 0 Å². The van der Waals surface area contributed by atoms with Gasteiger partial charge in [-0.05, 0) is 30.1 Å². The lowest BCUT2D eigenvalue weighted by Crippen LogP contribution is -1.97. The summed E-state index contributed by atoms with van der Waals surface area (Å²) in [5.74, 6) is 2.14. The lowest BCUT2D eigenvalue weighted by atomic mass is 9.98. The first-order valence-corrected chi connectivity index (χ1v) is 7.70. The van der Waals surface area contributed by atoms with Crippen molar-refractivity contribution in [1.82, 2.24) is 0 Å². The Morgan fingerprint density at radius 1 is 0.750 bits per heavy atom. The Bertz CT molecular complexity index is 184. The van der Waals surface area contributed by atoms with Gasteiger partial charge in [-0.25, -0.2) is 0 Å². The molecular formula is C16H32. The van der Waals surface area contributed by atoms with Gasteiger partial charge < -0.3 is 0 Å². The Labute approximate surface area is 103 Å². The molecular weight excluding hydrogens is 192 g/mol. The number of hydrogen-bond acceptors (Lipinski definition) is 0. The Balaban J connectivity index is 2.24. The highest BCUT2D eigenvalue weighted by atomic mass is 14.6. The van der Waals surface area contributed by atoms with Crippen molar-refractivity contribution in [2.24, 2.45) is 17.3 Å². The fourth-order valence-electron chi connectivity index (χ4n) is 3.57. The van der Waals surface area contributed by atoms with Crippen LogP contribution in [0, 0.1) is 17.3 Å². The van der Waals surface area contributed by atoms with Gasteiger partial charge in [0.05, 0.1) is 0 Å². The van der Waals surface area contributed by atoms with Gasteiger partial charge in [0.1, 0.15) is 0 Å². The molecule has 0 bridgehead atoms. The van der Waals surface area contributed by atoms with Gasteiger partial charge in [0.25, 0.3) is 0 Å². The predicted molar refractivity (Wildman–Crippen MR) is 73.7 cm³/mol. The Morgan fingerprint density at radius 3 is 1.81 bits per heavy atom. The number of hydrogen-bond donors (Lipinski definition) is 0. The smallest absolute Gasteiger partial charge is 0.0266 e. The molecule has 0 amide bonds. The third kappa shape index (κ3) is 3.25. The van der Waals surface area contributed by atoms with Crippen LogP contribution >= 0.6 is 0 Å². The lowest BCUT2D eigenvalue weighted by Gasteiger charge is -2.07. The van der Waals surface area contributed by atoms with Crippen LogP contribution in [0.4, 0.5) is 0 Å². The van der Waals surface area contributed by atoms with Crippen molar-refractivity contribution >= 4 is 0 Å². The van der Waals surface area contributed by atoms with E-state index >= 15 is 0 Å². The van der Waals surface area contributed by atoms with E-state index in [4.69, 9.17) is 0 Å². The highest BCUT2D eigenvalue weighted by molar-refractivity contribution is 5.06. The average Bonchev–Trinajstić information content (AvgIpc) is 2.87. The van der Waals surface area contributed by atoms with E-state index in [0.717, 1.165) is 17.3 Å². The summed E-state index contributed by atoms with van der Waals surface area (Å²) in [6.07, 6.45) is 13.0. The van der Waals surface area contributed by atoms with Crippen LogP contribution in [0.15, 0.2) is 0 Å². The van der Waals surface area contributed by atoms with Crippen molar-refractivity contribution in [3.05, 3.63) is 0 Å². The van der Waals surface area contributed by atoms with E-state index in [1.54, 1.807) is 0 Å². The largest absolute Gasteiger partial charge is 0.0654 e. The first kappa shape index (κ1) is 14.1. The van der Waals surface area contributed by atoms with Crippen LogP contribution in [-0.2, 0) is 0 Å². The molecule has 0 radical (unpaired) electrons. The van der Waals surface area contributed by atoms with Crippen LogP contribution in [0.2, 0.25) is 0 Å². The van der Waals surface area contributed by atoms with Crippen LogP contribution in [0.5, 0.6) is 0 Å². The fourth-order valence-corrected chi connectivity index (χ4v) is 3.57. The number of unbranched alkanes of at least 4 members (excludes halogenated alkanes) is 4. The molecule has 3 unspecified atom stereocenters. The molecule has 1 fully saturated rings. The van der Waals surface area contributed by atoms with Crippen molar-refractivity contribution in [3.63, 3.8) is 0 Å². The Hall–Kier alpha value is 0. The molecule has 0 saturated heterocycles. The molecule has 1 rings (SSSR count). The Kier molecular flexibility index (Phi) is 5.86. The SMILES string of the molecule is CCCCCCC1C(CCCC)C1(C)CC. The highest BCUT2D eigenvalue weighted by Crippen LogP contribution is 2.64. The second-order valence-corrected chi connectivity index (χ2v) is 6.06. The molecule has 16 heavy (non-hydrogen) atoms. The summed E-state index contributed by atoms with van der Waals surface area (Å²) in [5, 5.41) is 0. The summed E-state index contributed by atoms with van der Waals surface area (Å²) in [5.41, 5.74) is 0.724. The molecule has 3 atom stereocenters. The van der Waals surface area contributed by atoms with E-state index in [-0.39, 0.29) is 0 Å². The molecule has 0 aliphatic heterocycles. The van der Waals surface area contributed by atoms with Crippen molar-refractivity contribution in [2.75, 3.05) is 0 Å². The van der Waals surface area contributed by atoms with Crippen LogP contribution in [0.25, 0.3) is 0 Å². The van der Waals surface area contributed by atoms with Crippen molar-refractivity contribution in [2.45, 2.75) is 85.5 Å². The van der Waals surface area contributed by atoms with Gasteiger partial charge in [0.15, 0.2) is 0 Å². The molecule has 0 heteroatoms. The zero-order chi connectivity index (χ0) is 12.0. The summed E-state index contributed by atoms with van der Waals surface area (Å²) >= 11 is 0. The lowest BCUT2D eigenvalue weighted by molar-refractivity contribution is 0.435. The summed E-state index contributed by atoms with van der Waals surface area (Å²) in [4.78, 5) is 0. The maximum Gasteiger partial charge on any atom is -0.0266 e. The van der Waals surface area contributed by atoms with Gasteiger partial charge in [0, 0.05) is 0 Å². The number of rotatable bonds is 9. The summed E-state index contributed by atoms with van der Waals surface area (Å²) in [6.45, 7) is 9.56. The minimum absolute atomic E-state index is 0.724. The second kappa shape index (κ2) is 6.67. The maximum atomic E-state index is 2.54. The quantitative estimate of drug-likeness (QED) is 0.434. The third-order valence-electron chi connectivity index (χ3n) is 5.07. The minimum atomic E-state index is 0.724. The summed E-state index contributed by atoms with van der Waals surface area (Å²) < 4.78 is 0. The monoisotopic (exact) mass is 224 g/mol. The average molecular weight is 224 g/mol. The van der Waals surface area contributed by atoms with Gasteiger partial charge in [-0.1, -0.05) is 72.6 Å². The van der Waals surface area contributed by atoms with Crippen molar-refractivity contribution < 1.29 is 0 Å². The molecule has 0 heterocycles. The van der Waals surface area contributed by atoms with Gasteiger partial charge in [-0.3, -0.25) is 0 Å². The third-order valence-corrected chi connectivity index (χ3v) is 5.07. The first-order valence-electron chi connectivity index (χ1n) is 7.70. The highest BCUT2D eigenvalue weighted by Gasteiger charge is 2.57. The van der Waals surface area contributed by atoms with E-state index in [9.17, 15) is 0 Å². The van der Waals surface area contributed by atoms with E-state index in [1.807, 2.05) is 0 Å². The van der Waals surface area contributed by atoms with E-state index in [1.165, 1.54) is 57.8 Å². The molecule has 0 nitrogen and oxygen atoms in total. The predicted octanol–water partition coefficient (Wildman–Crippen LogP) is 5.81. The molecule has 0 N–H and O–H groups in total. The molecule has 0 aromatic carbocycles. The van der Waals surface area contributed by atoms with Gasteiger partial charge >= 0.3 is 0 Å². The summed E-state index contributed by atoms with van der Waals surface area (Å²) in [7, 11) is 0. The van der Waals surface area contributed by atoms with Gasteiger partial charge in [-0.2, -0.15) is 0 Å². The van der Waals surface area contributed by atoms with Gasteiger partial charge in [0.2, 0.25) is 0 Å². The molecule has 96 valence electrons. The van der Waals surface area contributed by atoms with Gasteiger partial charge in [-0.15, -0.1) is 0 Å². The van der Waals surface area contributed by atoms with E-state index in [2.05, 4.69) is 27.7 Å². The standard InChI is InChI=1S/C16H32/c1-5-8-10-11-13-15-14(12-9-6-2)16(15,4)7-3/h14-15H,5-13H2,1-4H3. The van der Waals surface area contributed by atoms with E-state index in [0.29, 0.717) is 0 Å². The molecule has 1 saturated carbocycles. The molecule has 0 aromatic heterocycles. The topological polar surface area (TPSA) is 0 Å². The van der Waals surface area contributed by atoms with Crippen molar-refractivity contribution in [3.8, 4) is 0 Å². The zero-order valence-electron chi connectivity index (χ0n) is 12.0. The zero-order valence-corrected chi connectivity index (χ0v) is 12.0. The van der Waals surface area contributed by atoms with Crippen molar-refractivity contribution in [1.29, 1.82) is 0 Å².